The van der Waals surface area contributed by atoms with Gasteiger partial charge in [-0.2, -0.15) is 0 Å². The van der Waals surface area contributed by atoms with Gasteiger partial charge in [0, 0.05) is 6.61 Å². The maximum atomic E-state index is 10.1. The van der Waals surface area contributed by atoms with Crippen molar-refractivity contribution in [2.75, 3.05) is 12.3 Å². The van der Waals surface area contributed by atoms with Gasteiger partial charge in [-0.05, 0) is 6.42 Å². The zero-order valence-corrected chi connectivity index (χ0v) is 10.5. The van der Waals surface area contributed by atoms with Crippen molar-refractivity contribution < 1.29 is 20.1 Å². The van der Waals surface area contributed by atoms with E-state index in [0.29, 0.717) is 11.2 Å². The number of aliphatic hydroxyl groups is 3. The van der Waals surface area contributed by atoms with Gasteiger partial charge in [-0.3, -0.25) is 4.57 Å². The maximum Gasteiger partial charge on any atom is 0.167 e. The number of imidazole rings is 1. The zero-order chi connectivity index (χ0) is 14.3. The number of nitrogen functional groups attached to an aromatic ring is 1. The van der Waals surface area contributed by atoms with Crippen molar-refractivity contribution in [3.8, 4) is 0 Å². The Morgan fingerprint density at radius 3 is 2.80 bits per heavy atom. The molecule has 0 amide bonds. The number of aliphatic hydroxyl groups excluding tert-OH is 3. The van der Waals surface area contributed by atoms with Gasteiger partial charge in [0.25, 0.3) is 0 Å². The predicted octanol–water partition coefficient (Wildman–Crippen LogP) is -1.59. The molecule has 9 heteroatoms. The molecule has 2 aromatic rings. The molecule has 5 N–H and O–H groups in total. The third-order valence-corrected chi connectivity index (χ3v) is 3.41. The lowest BCUT2D eigenvalue weighted by Gasteiger charge is -2.16. The molecule has 0 aromatic carbocycles. The van der Waals surface area contributed by atoms with Gasteiger partial charge >= 0.3 is 0 Å². The fraction of sp³-hybridized carbons (Fsp3) is 0.545. The first-order valence-corrected chi connectivity index (χ1v) is 6.19. The molecule has 0 unspecified atom stereocenters. The minimum atomic E-state index is -1.14. The van der Waals surface area contributed by atoms with Crippen molar-refractivity contribution in [2.45, 2.75) is 31.0 Å². The SMILES string of the molecule is Nc1ncnc2c1ncn2[C@@H]1O[C@H](CCO)[C@H](O)[C@H]1O. The number of nitrogens with zero attached hydrogens (tertiary/aromatic N) is 4. The largest absolute Gasteiger partial charge is 0.396 e. The molecule has 1 saturated heterocycles. The molecule has 0 spiro atoms. The first-order valence-electron chi connectivity index (χ1n) is 6.19. The van der Waals surface area contributed by atoms with E-state index in [1.165, 1.54) is 17.2 Å². The van der Waals surface area contributed by atoms with Crippen molar-refractivity contribution in [2.24, 2.45) is 0 Å². The Balaban J connectivity index is 1.97. The summed E-state index contributed by atoms with van der Waals surface area (Å²) in [5, 5.41) is 28.9. The van der Waals surface area contributed by atoms with Crippen LogP contribution in [0.1, 0.15) is 12.6 Å². The third kappa shape index (κ3) is 1.91. The fourth-order valence-corrected chi connectivity index (χ4v) is 2.38. The second kappa shape index (κ2) is 4.94. The average Bonchev–Trinajstić information content (AvgIpc) is 2.97. The van der Waals surface area contributed by atoms with E-state index < -0.39 is 24.5 Å². The van der Waals surface area contributed by atoms with E-state index in [9.17, 15) is 10.2 Å². The summed E-state index contributed by atoms with van der Waals surface area (Å²) in [4.78, 5) is 12.0. The van der Waals surface area contributed by atoms with Crippen LogP contribution in [0.5, 0.6) is 0 Å². The number of ether oxygens (including phenoxy) is 1. The van der Waals surface area contributed by atoms with Crippen LogP contribution in [0.15, 0.2) is 12.7 Å². The minimum Gasteiger partial charge on any atom is -0.396 e. The highest BCUT2D eigenvalue weighted by Gasteiger charge is 2.43. The Labute approximate surface area is 113 Å². The van der Waals surface area contributed by atoms with Crippen molar-refractivity contribution >= 4 is 17.0 Å². The zero-order valence-electron chi connectivity index (χ0n) is 10.5. The molecule has 9 nitrogen and oxygen atoms in total. The molecule has 108 valence electrons. The van der Waals surface area contributed by atoms with E-state index in [0.717, 1.165) is 0 Å². The fourth-order valence-electron chi connectivity index (χ4n) is 2.38. The highest BCUT2D eigenvalue weighted by molar-refractivity contribution is 5.81. The monoisotopic (exact) mass is 281 g/mol. The van der Waals surface area contributed by atoms with Crippen LogP contribution in [0.2, 0.25) is 0 Å². The maximum absolute atomic E-state index is 10.1. The van der Waals surface area contributed by atoms with Crippen LogP contribution >= 0.6 is 0 Å². The summed E-state index contributed by atoms with van der Waals surface area (Å²) in [5.74, 6) is 0.230. The number of rotatable bonds is 3. The number of hydrogen-bond acceptors (Lipinski definition) is 8. The van der Waals surface area contributed by atoms with Gasteiger partial charge in [0.15, 0.2) is 17.7 Å². The second-order valence-electron chi connectivity index (χ2n) is 4.64. The van der Waals surface area contributed by atoms with E-state index in [1.807, 2.05) is 0 Å². The Morgan fingerprint density at radius 2 is 2.05 bits per heavy atom. The highest BCUT2D eigenvalue weighted by atomic mass is 16.6. The van der Waals surface area contributed by atoms with Gasteiger partial charge in [-0.15, -0.1) is 0 Å². The Hall–Kier alpha value is -1.81. The molecular formula is C11H15N5O4. The highest BCUT2D eigenvalue weighted by Crippen LogP contribution is 2.32. The topological polar surface area (TPSA) is 140 Å². The first kappa shape index (κ1) is 13.2. The summed E-state index contributed by atoms with van der Waals surface area (Å²) < 4.78 is 7.08. The van der Waals surface area contributed by atoms with Crippen molar-refractivity contribution in [3.05, 3.63) is 12.7 Å². The normalized spacial score (nSPS) is 30.1. The summed E-state index contributed by atoms with van der Waals surface area (Å²) in [6.45, 7) is -0.138. The molecular weight excluding hydrogens is 266 g/mol. The predicted molar refractivity (Wildman–Crippen MR) is 67.4 cm³/mol. The smallest absolute Gasteiger partial charge is 0.167 e. The molecule has 3 rings (SSSR count). The molecule has 1 aliphatic heterocycles. The minimum absolute atomic E-state index is 0.138. The van der Waals surface area contributed by atoms with Crippen molar-refractivity contribution in [1.29, 1.82) is 0 Å². The Bertz CT molecular complexity index is 618. The lowest BCUT2D eigenvalue weighted by molar-refractivity contribution is -0.0405. The van der Waals surface area contributed by atoms with Crippen LogP contribution in [0.25, 0.3) is 11.2 Å². The van der Waals surface area contributed by atoms with Crippen LogP contribution < -0.4 is 5.73 Å². The summed E-state index contributed by atoms with van der Waals surface area (Å²) in [6.07, 6.45) is -0.740. The van der Waals surface area contributed by atoms with E-state index in [1.54, 1.807) is 0 Å². The average molecular weight is 281 g/mol. The van der Waals surface area contributed by atoms with Crippen molar-refractivity contribution in [1.82, 2.24) is 19.5 Å². The Morgan fingerprint density at radius 1 is 1.25 bits per heavy atom. The number of fused-ring (bicyclic) bond motifs is 1. The summed E-state index contributed by atoms with van der Waals surface area (Å²) in [5.41, 5.74) is 6.51. The first-order chi connectivity index (χ1) is 9.63. The van der Waals surface area contributed by atoms with E-state index in [4.69, 9.17) is 15.6 Å². The van der Waals surface area contributed by atoms with Gasteiger partial charge in [-0.25, -0.2) is 15.0 Å². The van der Waals surface area contributed by atoms with Crippen LogP contribution in [-0.4, -0.2) is 59.8 Å². The van der Waals surface area contributed by atoms with Gasteiger partial charge in [0.1, 0.15) is 24.1 Å². The number of aromatic nitrogens is 4. The molecule has 4 atom stereocenters. The molecule has 2 aromatic heterocycles. The van der Waals surface area contributed by atoms with Crippen LogP contribution in [0.4, 0.5) is 5.82 Å². The number of hydrogen-bond donors (Lipinski definition) is 4. The number of nitrogens with two attached hydrogens (primary N) is 1. The van der Waals surface area contributed by atoms with E-state index >= 15 is 0 Å². The van der Waals surface area contributed by atoms with Crippen LogP contribution in [0, 0.1) is 0 Å². The van der Waals surface area contributed by atoms with Gasteiger partial charge in [0.2, 0.25) is 0 Å². The molecule has 1 fully saturated rings. The van der Waals surface area contributed by atoms with E-state index in [-0.39, 0.29) is 18.8 Å². The molecule has 1 aliphatic rings. The quantitative estimate of drug-likeness (QED) is 0.528. The van der Waals surface area contributed by atoms with E-state index in [2.05, 4.69) is 15.0 Å². The standard InChI is InChI=1S/C11H15N5O4/c12-9-6-10(14-3-13-9)16(4-15-6)11-8(19)7(18)5(20-11)1-2-17/h3-5,7-8,11,17-19H,1-2H2,(H2,12,13,14)/t5-,7+,8-,11-/m1/s1. The van der Waals surface area contributed by atoms with Gasteiger partial charge in [-0.1, -0.05) is 0 Å². The molecule has 20 heavy (non-hydrogen) atoms. The summed E-state index contributed by atoms with van der Waals surface area (Å²) >= 11 is 0. The third-order valence-electron chi connectivity index (χ3n) is 3.41. The molecule has 0 radical (unpaired) electrons. The molecule has 0 bridgehead atoms. The lowest BCUT2D eigenvalue weighted by Crippen LogP contribution is -2.31. The van der Waals surface area contributed by atoms with Gasteiger partial charge in [0.05, 0.1) is 12.4 Å². The second-order valence-corrected chi connectivity index (χ2v) is 4.64. The Kier molecular flexibility index (Phi) is 3.26. The molecule has 0 saturated carbocycles. The molecule has 0 aliphatic carbocycles. The molecule has 3 heterocycles. The van der Waals surface area contributed by atoms with Crippen LogP contribution in [0.3, 0.4) is 0 Å². The summed E-state index contributed by atoms with van der Waals surface area (Å²) in [6, 6.07) is 0. The van der Waals surface area contributed by atoms with Crippen LogP contribution in [-0.2, 0) is 4.74 Å². The van der Waals surface area contributed by atoms with Gasteiger partial charge < -0.3 is 25.8 Å². The van der Waals surface area contributed by atoms with Crippen molar-refractivity contribution in [3.63, 3.8) is 0 Å². The number of anilines is 1. The summed E-state index contributed by atoms with van der Waals surface area (Å²) in [7, 11) is 0. The lowest BCUT2D eigenvalue weighted by atomic mass is 10.1.